The molecule has 0 heterocycles. The molecule has 192 valence electrons. The Hall–Kier alpha value is -0.530. The first kappa shape index (κ1) is 31.5. The third-order valence-electron chi connectivity index (χ3n) is 6.90. The molecule has 0 fully saturated rings. The number of rotatable bonds is 26. The minimum Gasteiger partial charge on any atom is -0.465 e. The van der Waals surface area contributed by atoms with Crippen LogP contribution in [0.2, 0.25) is 0 Å². The third kappa shape index (κ3) is 24.1. The Kier molecular flexibility index (Phi) is 26.3. The SMILES string of the molecule is CCCCCCCCCCCCC(CCCCCCC)COC(=O)CCCCCCCC. The molecule has 2 nitrogen and oxygen atoms in total. The van der Waals surface area contributed by atoms with Gasteiger partial charge in [0.15, 0.2) is 0 Å². The van der Waals surface area contributed by atoms with Gasteiger partial charge in [-0.2, -0.15) is 0 Å². The van der Waals surface area contributed by atoms with E-state index in [9.17, 15) is 4.79 Å². The van der Waals surface area contributed by atoms with Gasteiger partial charge < -0.3 is 4.74 Å². The van der Waals surface area contributed by atoms with Gasteiger partial charge in [-0.15, -0.1) is 0 Å². The Bertz CT molecular complexity index is 366. The summed E-state index contributed by atoms with van der Waals surface area (Å²) >= 11 is 0. The summed E-state index contributed by atoms with van der Waals surface area (Å²) in [7, 11) is 0. The van der Waals surface area contributed by atoms with Gasteiger partial charge in [-0.25, -0.2) is 0 Å². The van der Waals surface area contributed by atoms with Crippen LogP contribution in [-0.2, 0) is 9.53 Å². The molecule has 0 N–H and O–H groups in total. The fourth-order valence-electron chi connectivity index (χ4n) is 4.60. The fraction of sp³-hybridized carbons (Fsp3) is 0.967. The van der Waals surface area contributed by atoms with Crippen LogP contribution >= 0.6 is 0 Å². The van der Waals surface area contributed by atoms with Gasteiger partial charge >= 0.3 is 5.97 Å². The zero-order valence-corrected chi connectivity index (χ0v) is 22.6. The minimum atomic E-state index is 0.0412. The van der Waals surface area contributed by atoms with Crippen molar-refractivity contribution in [2.24, 2.45) is 5.92 Å². The molecule has 0 amide bonds. The van der Waals surface area contributed by atoms with Crippen molar-refractivity contribution in [2.45, 2.75) is 175 Å². The van der Waals surface area contributed by atoms with Crippen LogP contribution in [0.5, 0.6) is 0 Å². The van der Waals surface area contributed by atoms with Crippen molar-refractivity contribution in [3.05, 3.63) is 0 Å². The van der Waals surface area contributed by atoms with Gasteiger partial charge in [-0.1, -0.05) is 149 Å². The van der Waals surface area contributed by atoms with Gasteiger partial charge in [0.25, 0.3) is 0 Å². The molecule has 0 aliphatic rings. The Morgan fingerprint density at radius 3 is 1.25 bits per heavy atom. The Balaban J connectivity index is 3.92. The van der Waals surface area contributed by atoms with E-state index in [0.29, 0.717) is 18.9 Å². The van der Waals surface area contributed by atoms with Crippen molar-refractivity contribution in [3.63, 3.8) is 0 Å². The zero-order chi connectivity index (χ0) is 23.5. The number of unbranched alkanes of at least 4 members (excludes halogenated alkanes) is 18. The van der Waals surface area contributed by atoms with E-state index in [1.807, 2.05) is 0 Å². The first-order valence-corrected chi connectivity index (χ1v) is 14.9. The quantitative estimate of drug-likeness (QED) is 0.0963. The average molecular weight is 453 g/mol. The molecule has 0 aromatic rings. The lowest BCUT2D eigenvalue weighted by molar-refractivity contribution is -0.145. The van der Waals surface area contributed by atoms with Crippen LogP contribution in [0, 0.1) is 5.92 Å². The number of carbonyl (C=O) groups is 1. The van der Waals surface area contributed by atoms with Gasteiger partial charge in [0.05, 0.1) is 6.61 Å². The summed E-state index contributed by atoms with van der Waals surface area (Å²) in [6, 6.07) is 0. The highest BCUT2D eigenvalue weighted by Gasteiger charge is 2.12. The molecule has 2 heteroatoms. The predicted molar refractivity (Wildman–Crippen MR) is 142 cm³/mol. The molecule has 0 saturated carbocycles. The number of esters is 1. The summed E-state index contributed by atoms with van der Waals surface area (Å²) in [5, 5.41) is 0. The molecule has 0 spiro atoms. The topological polar surface area (TPSA) is 26.3 Å². The molecule has 0 saturated heterocycles. The second-order valence-electron chi connectivity index (χ2n) is 10.2. The van der Waals surface area contributed by atoms with Crippen LogP contribution < -0.4 is 0 Å². The highest BCUT2D eigenvalue weighted by atomic mass is 16.5. The molecule has 1 atom stereocenters. The number of hydrogen-bond acceptors (Lipinski definition) is 2. The molecule has 0 rings (SSSR count). The summed E-state index contributed by atoms with van der Waals surface area (Å²) in [6.45, 7) is 7.47. The zero-order valence-electron chi connectivity index (χ0n) is 22.6. The Morgan fingerprint density at radius 2 is 0.844 bits per heavy atom. The highest BCUT2D eigenvalue weighted by Crippen LogP contribution is 2.20. The van der Waals surface area contributed by atoms with E-state index in [0.717, 1.165) is 6.42 Å². The minimum absolute atomic E-state index is 0.0412. The lowest BCUT2D eigenvalue weighted by Gasteiger charge is -2.17. The van der Waals surface area contributed by atoms with E-state index in [4.69, 9.17) is 4.74 Å². The molecule has 0 aliphatic carbocycles. The van der Waals surface area contributed by atoms with Crippen LogP contribution in [0.4, 0.5) is 0 Å². The standard InChI is InChI=1S/C30H60O2/c1-4-7-10-13-15-16-17-18-20-23-26-29(25-22-19-12-9-6-3)28-32-30(31)27-24-21-14-11-8-5-2/h29H,4-28H2,1-3H3. The van der Waals surface area contributed by atoms with Crippen LogP contribution in [0.25, 0.3) is 0 Å². The predicted octanol–water partition coefficient (Wildman–Crippen LogP) is 10.6. The van der Waals surface area contributed by atoms with Crippen LogP contribution in [0.1, 0.15) is 175 Å². The maximum atomic E-state index is 12.2. The Labute approximate surface area is 203 Å². The van der Waals surface area contributed by atoms with E-state index >= 15 is 0 Å². The van der Waals surface area contributed by atoms with Gasteiger partial charge in [-0.05, 0) is 25.2 Å². The van der Waals surface area contributed by atoms with E-state index in [1.54, 1.807) is 0 Å². The molecule has 32 heavy (non-hydrogen) atoms. The van der Waals surface area contributed by atoms with Crippen LogP contribution in [0.15, 0.2) is 0 Å². The molecular weight excluding hydrogens is 392 g/mol. The molecule has 0 bridgehead atoms. The smallest absolute Gasteiger partial charge is 0.305 e. The number of carbonyl (C=O) groups excluding carboxylic acids is 1. The lowest BCUT2D eigenvalue weighted by atomic mass is 9.94. The largest absolute Gasteiger partial charge is 0.465 e. The average Bonchev–Trinajstić information content (AvgIpc) is 2.80. The van der Waals surface area contributed by atoms with E-state index < -0.39 is 0 Å². The second-order valence-corrected chi connectivity index (χ2v) is 10.2. The van der Waals surface area contributed by atoms with E-state index in [1.165, 1.54) is 141 Å². The van der Waals surface area contributed by atoms with Crippen molar-refractivity contribution >= 4 is 5.97 Å². The normalized spacial score (nSPS) is 12.2. The summed E-state index contributed by atoms with van der Waals surface area (Å²) in [4.78, 5) is 12.2. The monoisotopic (exact) mass is 452 g/mol. The maximum Gasteiger partial charge on any atom is 0.305 e. The maximum absolute atomic E-state index is 12.2. The van der Waals surface area contributed by atoms with Crippen molar-refractivity contribution in [1.82, 2.24) is 0 Å². The molecule has 0 aromatic heterocycles. The summed E-state index contributed by atoms with van der Waals surface area (Å²) < 4.78 is 5.71. The van der Waals surface area contributed by atoms with Crippen molar-refractivity contribution < 1.29 is 9.53 Å². The first-order valence-electron chi connectivity index (χ1n) is 14.9. The molecular formula is C30H60O2. The summed E-state index contributed by atoms with van der Waals surface area (Å²) in [5.74, 6) is 0.624. The van der Waals surface area contributed by atoms with Crippen molar-refractivity contribution in [2.75, 3.05) is 6.61 Å². The second kappa shape index (κ2) is 26.7. The van der Waals surface area contributed by atoms with Gasteiger partial charge in [0.2, 0.25) is 0 Å². The van der Waals surface area contributed by atoms with Gasteiger partial charge in [0.1, 0.15) is 0 Å². The lowest BCUT2D eigenvalue weighted by Crippen LogP contribution is -2.14. The van der Waals surface area contributed by atoms with Gasteiger partial charge in [-0.3, -0.25) is 4.79 Å². The molecule has 0 aromatic carbocycles. The van der Waals surface area contributed by atoms with Crippen molar-refractivity contribution in [3.8, 4) is 0 Å². The number of ether oxygens (including phenoxy) is 1. The van der Waals surface area contributed by atoms with Crippen LogP contribution in [-0.4, -0.2) is 12.6 Å². The first-order chi connectivity index (χ1) is 15.7. The molecule has 0 aliphatic heterocycles. The van der Waals surface area contributed by atoms with Gasteiger partial charge in [0, 0.05) is 6.42 Å². The molecule has 1 unspecified atom stereocenters. The summed E-state index contributed by atoms with van der Waals surface area (Å²) in [5.41, 5.74) is 0. The summed E-state index contributed by atoms with van der Waals surface area (Å²) in [6.07, 6.45) is 31.0. The number of hydrogen-bond donors (Lipinski definition) is 0. The van der Waals surface area contributed by atoms with Crippen LogP contribution in [0.3, 0.4) is 0 Å². The molecule has 0 radical (unpaired) electrons. The fourth-order valence-corrected chi connectivity index (χ4v) is 4.60. The third-order valence-corrected chi connectivity index (χ3v) is 6.90. The highest BCUT2D eigenvalue weighted by molar-refractivity contribution is 5.69. The Morgan fingerprint density at radius 1 is 0.500 bits per heavy atom. The van der Waals surface area contributed by atoms with E-state index in [-0.39, 0.29) is 5.97 Å². The van der Waals surface area contributed by atoms with Crippen molar-refractivity contribution in [1.29, 1.82) is 0 Å². The van der Waals surface area contributed by atoms with E-state index in [2.05, 4.69) is 20.8 Å².